The number of hydrogen-bond acceptors (Lipinski definition) is 6. The van der Waals surface area contributed by atoms with Crippen LogP contribution in [0.25, 0.3) is 0 Å². The number of carbonyl (C=O) groups is 3. The van der Waals surface area contributed by atoms with E-state index >= 15 is 0 Å². The van der Waals surface area contributed by atoms with Gasteiger partial charge in [0.25, 0.3) is 5.91 Å². The van der Waals surface area contributed by atoms with Gasteiger partial charge in [0.15, 0.2) is 0 Å². The van der Waals surface area contributed by atoms with Gasteiger partial charge in [-0.3, -0.25) is 19.7 Å². The molecule has 8 heteroatoms. The lowest BCUT2D eigenvalue weighted by Crippen LogP contribution is -2.62. The second-order valence-electron chi connectivity index (χ2n) is 9.11. The highest BCUT2D eigenvalue weighted by atomic mass is 16.5. The van der Waals surface area contributed by atoms with Gasteiger partial charge in [-0.1, -0.05) is 25.0 Å². The van der Waals surface area contributed by atoms with Gasteiger partial charge < -0.3 is 20.3 Å². The molecule has 1 aromatic carbocycles. The van der Waals surface area contributed by atoms with Gasteiger partial charge in [-0.2, -0.15) is 0 Å². The Morgan fingerprint density at radius 2 is 2.10 bits per heavy atom. The Hall–Kier alpha value is -2.29. The molecule has 3 aliphatic heterocycles. The molecule has 0 bridgehead atoms. The second-order valence-corrected chi connectivity index (χ2v) is 9.11. The standard InChI is InChI=1S/C23H30N4O4/c28-20-8-7-18(21(29)26-20)27-13-17-15(4-3-5-16(17)22(27)30)12-25-19-6-1-2-9-23(19)14-24-10-11-31-23/h3-5,18-19,24-25H,1-2,6-14H2,(H,26,28,29)/t18?,19-,23+/m1/s1. The maximum Gasteiger partial charge on any atom is 0.255 e. The normalized spacial score (nSPS) is 31.1. The van der Waals surface area contributed by atoms with Crippen LogP contribution in [0.4, 0.5) is 0 Å². The van der Waals surface area contributed by atoms with E-state index in [0.29, 0.717) is 25.1 Å². The van der Waals surface area contributed by atoms with E-state index in [0.717, 1.165) is 43.7 Å². The second kappa shape index (κ2) is 8.33. The molecule has 4 aliphatic rings. The van der Waals surface area contributed by atoms with Crippen molar-refractivity contribution in [3.63, 3.8) is 0 Å². The Kier molecular flexibility index (Phi) is 5.54. The quantitative estimate of drug-likeness (QED) is 0.617. The van der Waals surface area contributed by atoms with Gasteiger partial charge in [0, 0.05) is 44.2 Å². The summed E-state index contributed by atoms with van der Waals surface area (Å²) >= 11 is 0. The Balaban J connectivity index is 1.31. The van der Waals surface area contributed by atoms with Crippen molar-refractivity contribution in [2.45, 2.75) is 69.3 Å². The van der Waals surface area contributed by atoms with E-state index in [2.05, 4.69) is 22.0 Å². The molecule has 3 atom stereocenters. The zero-order valence-corrected chi connectivity index (χ0v) is 17.7. The van der Waals surface area contributed by atoms with Crippen molar-refractivity contribution in [3.05, 3.63) is 34.9 Å². The molecule has 1 spiro atoms. The molecule has 8 nitrogen and oxygen atoms in total. The minimum absolute atomic E-state index is 0.125. The van der Waals surface area contributed by atoms with E-state index in [4.69, 9.17) is 4.74 Å². The highest BCUT2D eigenvalue weighted by molar-refractivity contribution is 6.05. The van der Waals surface area contributed by atoms with Crippen LogP contribution in [0.15, 0.2) is 18.2 Å². The lowest BCUT2D eigenvalue weighted by atomic mass is 9.79. The molecular formula is C23H30N4O4. The Morgan fingerprint density at radius 1 is 1.19 bits per heavy atom. The fraction of sp³-hybridized carbons (Fsp3) is 0.609. The third-order valence-corrected chi connectivity index (χ3v) is 7.29. The van der Waals surface area contributed by atoms with Gasteiger partial charge in [-0.15, -0.1) is 0 Å². The SMILES string of the molecule is O=C1CCC(N2Cc3c(CN[C@@H]4CCCC[C@]45CNCCO5)cccc3C2=O)C(=O)N1. The predicted octanol–water partition coefficient (Wildman–Crippen LogP) is 0.838. The molecule has 31 heavy (non-hydrogen) atoms. The largest absolute Gasteiger partial charge is 0.371 e. The molecule has 166 valence electrons. The van der Waals surface area contributed by atoms with Crippen LogP contribution in [0.5, 0.6) is 0 Å². The summed E-state index contributed by atoms with van der Waals surface area (Å²) in [5.41, 5.74) is 2.59. The molecule has 0 radical (unpaired) electrons. The smallest absolute Gasteiger partial charge is 0.255 e. The van der Waals surface area contributed by atoms with E-state index in [-0.39, 0.29) is 35.8 Å². The van der Waals surface area contributed by atoms with E-state index in [1.54, 1.807) is 4.90 Å². The van der Waals surface area contributed by atoms with Crippen LogP contribution in [0.3, 0.4) is 0 Å². The molecular weight excluding hydrogens is 396 g/mol. The molecule has 1 aliphatic carbocycles. The maximum absolute atomic E-state index is 13.0. The summed E-state index contributed by atoms with van der Waals surface area (Å²) in [6.07, 6.45) is 5.17. The van der Waals surface area contributed by atoms with Gasteiger partial charge >= 0.3 is 0 Å². The summed E-state index contributed by atoms with van der Waals surface area (Å²) in [6, 6.07) is 5.50. The molecule has 1 aromatic rings. The first-order chi connectivity index (χ1) is 15.1. The molecule has 3 amide bonds. The molecule has 3 N–H and O–H groups in total. The highest BCUT2D eigenvalue weighted by Crippen LogP contribution is 2.34. The van der Waals surface area contributed by atoms with Crippen LogP contribution in [0.2, 0.25) is 0 Å². The molecule has 3 heterocycles. The number of piperidine rings is 1. The molecule has 0 aromatic heterocycles. The first-order valence-electron chi connectivity index (χ1n) is 11.4. The van der Waals surface area contributed by atoms with Crippen LogP contribution in [0.1, 0.15) is 60.0 Å². The van der Waals surface area contributed by atoms with E-state index in [9.17, 15) is 14.4 Å². The Morgan fingerprint density at radius 3 is 2.90 bits per heavy atom. The van der Waals surface area contributed by atoms with Crippen molar-refractivity contribution in [1.29, 1.82) is 0 Å². The average Bonchev–Trinajstić information content (AvgIpc) is 3.11. The van der Waals surface area contributed by atoms with Crippen molar-refractivity contribution < 1.29 is 19.1 Å². The Labute approximate surface area is 182 Å². The van der Waals surface area contributed by atoms with Crippen LogP contribution in [-0.4, -0.2) is 60.0 Å². The summed E-state index contributed by atoms with van der Waals surface area (Å²) in [5.74, 6) is -0.764. The maximum atomic E-state index is 13.0. The first-order valence-corrected chi connectivity index (χ1v) is 11.4. The van der Waals surface area contributed by atoms with Gasteiger partial charge in [0.1, 0.15) is 6.04 Å². The third kappa shape index (κ3) is 3.77. The van der Waals surface area contributed by atoms with E-state index < -0.39 is 6.04 Å². The van der Waals surface area contributed by atoms with Gasteiger partial charge in [0.05, 0.1) is 12.2 Å². The summed E-state index contributed by atoms with van der Waals surface area (Å²) < 4.78 is 6.27. The molecule has 3 fully saturated rings. The number of nitrogens with one attached hydrogen (secondary N) is 3. The summed E-state index contributed by atoms with van der Waals surface area (Å²) in [4.78, 5) is 38.5. The monoisotopic (exact) mass is 426 g/mol. The van der Waals surface area contributed by atoms with Crippen molar-refractivity contribution >= 4 is 17.7 Å². The number of hydrogen-bond donors (Lipinski definition) is 3. The zero-order valence-electron chi connectivity index (χ0n) is 17.7. The average molecular weight is 427 g/mol. The number of imide groups is 1. The summed E-state index contributed by atoms with van der Waals surface area (Å²) in [6.45, 7) is 3.59. The highest BCUT2D eigenvalue weighted by Gasteiger charge is 2.43. The van der Waals surface area contributed by atoms with Gasteiger partial charge in [-0.05, 0) is 36.5 Å². The lowest BCUT2D eigenvalue weighted by Gasteiger charge is -2.47. The van der Waals surface area contributed by atoms with Crippen molar-refractivity contribution in [2.75, 3.05) is 19.7 Å². The minimum Gasteiger partial charge on any atom is -0.371 e. The third-order valence-electron chi connectivity index (χ3n) is 7.29. The molecule has 1 saturated carbocycles. The predicted molar refractivity (Wildman–Crippen MR) is 113 cm³/mol. The minimum atomic E-state index is -0.582. The molecule has 5 rings (SSSR count). The van der Waals surface area contributed by atoms with Crippen molar-refractivity contribution in [2.24, 2.45) is 0 Å². The van der Waals surface area contributed by atoms with Crippen LogP contribution in [-0.2, 0) is 27.4 Å². The van der Waals surface area contributed by atoms with E-state index in [1.165, 1.54) is 12.8 Å². The van der Waals surface area contributed by atoms with Crippen LogP contribution < -0.4 is 16.0 Å². The van der Waals surface area contributed by atoms with Crippen molar-refractivity contribution in [1.82, 2.24) is 20.9 Å². The lowest BCUT2D eigenvalue weighted by molar-refractivity contribution is -0.136. The number of nitrogens with zero attached hydrogens (tertiary/aromatic N) is 1. The number of amides is 3. The van der Waals surface area contributed by atoms with E-state index in [1.807, 2.05) is 12.1 Å². The number of ether oxygens (including phenoxy) is 1. The van der Waals surface area contributed by atoms with Gasteiger partial charge in [0.2, 0.25) is 11.8 Å². The topological polar surface area (TPSA) is 99.8 Å². The fourth-order valence-electron chi connectivity index (χ4n) is 5.61. The number of carbonyl (C=O) groups excluding carboxylic acids is 3. The summed E-state index contributed by atoms with van der Waals surface area (Å²) in [7, 11) is 0. The molecule has 1 unspecified atom stereocenters. The number of benzene rings is 1. The number of fused-ring (bicyclic) bond motifs is 1. The van der Waals surface area contributed by atoms with Gasteiger partial charge in [-0.25, -0.2) is 0 Å². The zero-order chi connectivity index (χ0) is 21.4. The molecule has 2 saturated heterocycles. The number of morpholine rings is 1. The summed E-state index contributed by atoms with van der Waals surface area (Å²) in [5, 5.41) is 9.59. The first kappa shape index (κ1) is 20.6. The Bertz CT molecular complexity index is 887. The van der Waals surface area contributed by atoms with Crippen molar-refractivity contribution in [3.8, 4) is 0 Å². The van der Waals surface area contributed by atoms with Crippen LogP contribution >= 0.6 is 0 Å². The number of rotatable bonds is 4. The van der Waals surface area contributed by atoms with Crippen LogP contribution in [0, 0.1) is 0 Å². The fourth-order valence-corrected chi connectivity index (χ4v) is 5.61.